The van der Waals surface area contributed by atoms with Crippen molar-refractivity contribution >= 4 is 57.4 Å². The smallest absolute Gasteiger partial charge is 0.302 e. The molecule has 162 valence electrons. The van der Waals surface area contributed by atoms with Crippen LogP contribution in [-0.2, 0) is 4.79 Å². The number of halogens is 1. The minimum Gasteiger partial charge on any atom is -0.423 e. The fraction of sp³-hybridized carbons (Fsp3) is 0.200. The van der Waals surface area contributed by atoms with Crippen LogP contribution in [0.3, 0.4) is 0 Å². The zero-order chi connectivity index (χ0) is 22.4. The lowest BCUT2D eigenvalue weighted by atomic mass is 10.2. The van der Waals surface area contributed by atoms with E-state index in [0.717, 1.165) is 0 Å². The maximum Gasteiger partial charge on any atom is 0.302 e. The third-order valence-corrected chi connectivity index (χ3v) is 5.53. The summed E-state index contributed by atoms with van der Waals surface area (Å²) in [7, 11) is 0. The number of carbonyl (C=O) groups excluding carboxylic acids is 2. The van der Waals surface area contributed by atoms with Crippen LogP contribution in [0.25, 0.3) is 22.1 Å². The van der Waals surface area contributed by atoms with Gasteiger partial charge in [-0.25, -0.2) is 14.6 Å². The number of nitrogens with zero attached hydrogens (tertiary/aromatic N) is 6. The third kappa shape index (κ3) is 3.32. The first-order valence-corrected chi connectivity index (χ1v) is 10.1. The van der Waals surface area contributed by atoms with E-state index in [1.807, 2.05) is 0 Å². The highest BCUT2D eigenvalue weighted by atomic mass is 35.5. The van der Waals surface area contributed by atoms with Gasteiger partial charge in [0.05, 0.1) is 11.4 Å². The fourth-order valence-corrected chi connectivity index (χ4v) is 3.96. The molecule has 1 unspecified atom stereocenters. The number of rotatable bonds is 4. The number of anilines is 2. The molecule has 2 amide bonds. The summed E-state index contributed by atoms with van der Waals surface area (Å²) in [5, 5.41) is 7.90. The molecule has 1 atom stereocenters. The molecule has 4 heterocycles. The van der Waals surface area contributed by atoms with E-state index < -0.39 is 5.91 Å². The second kappa shape index (κ2) is 7.61. The van der Waals surface area contributed by atoms with Crippen LogP contribution in [0.15, 0.2) is 41.6 Å². The van der Waals surface area contributed by atoms with Crippen molar-refractivity contribution in [2.24, 2.45) is 0 Å². The van der Waals surface area contributed by atoms with Gasteiger partial charge in [0.25, 0.3) is 5.91 Å². The first-order chi connectivity index (χ1) is 15.4. The summed E-state index contributed by atoms with van der Waals surface area (Å²) in [5.41, 5.74) is 7.48. The van der Waals surface area contributed by atoms with Gasteiger partial charge in [0, 0.05) is 18.1 Å². The Hall–Kier alpha value is -3.99. The van der Waals surface area contributed by atoms with Gasteiger partial charge in [-0.2, -0.15) is 10.1 Å². The van der Waals surface area contributed by atoms with E-state index in [0.29, 0.717) is 46.7 Å². The highest BCUT2D eigenvalue weighted by Crippen LogP contribution is 2.29. The Morgan fingerprint density at radius 3 is 3.00 bits per heavy atom. The highest BCUT2D eigenvalue weighted by Gasteiger charge is 2.31. The Morgan fingerprint density at radius 2 is 2.19 bits per heavy atom. The van der Waals surface area contributed by atoms with Gasteiger partial charge >= 0.3 is 6.01 Å². The zero-order valence-electron chi connectivity index (χ0n) is 16.7. The number of benzene rings is 1. The standard InChI is InChI=1S/C20H17ClN8O3/c1-2-14(30)28-6-5-11(8-28)29-18-15(17(22)23-9-24-18)16(27-29)19(31)26-20-25-12-7-10(21)3-4-13(12)32-20/h2-4,7,9,11H,1,5-6,8H2,(H2,22,23,24)(H,25,26,31). The van der Waals surface area contributed by atoms with E-state index in [9.17, 15) is 9.59 Å². The Bertz CT molecular complexity index is 1390. The molecule has 0 radical (unpaired) electrons. The van der Waals surface area contributed by atoms with Gasteiger partial charge in [-0.05, 0) is 30.7 Å². The number of fused-ring (bicyclic) bond motifs is 2. The van der Waals surface area contributed by atoms with Crippen LogP contribution in [0, 0.1) is 0 Å². The van der Waals surface area contributed by atoms with E-state index in [1.165, 1.54) is 12.4 Å². The van der Waals surface area contributed by atoms with E-state index in [2.05, 4.69) is 31.9 Å². The topological polar surface area (TPSA) is 145 Å². The van der Waals surface area contributed by atoms with E-state index in [4.69, 9.17) is 21.8 Å². The molecule has 1 fully saturated rings. The van der Waals surface area contributed by atoms with Crippen molar-refractivity contribution in [2.75, 3.05) is 24.1 Å². The minimum atomic E-state index is -0.579. The van der Waals surface area contributed by atoms with Crippen molar-refractivity contribution in [3.63, 3.8) is 0 Å². The van der Waals surface area contributed by atoms with Gasteiger partial charge in [-0.3, -0.25) is 14.9 Å². The Balaban J connectivity index is 1.50. The Morgan fingerprint density at radius 1 is 1.34 bits per heavy atom. The summed E-state index contributed by atoms with van der Waals surface area (Å²) < 4.78 is 7.18. The van der Waals surface area contributed by atoms with E-state index in [-0.39, 0.29) is 29.5 Å². The third-order valence-electron chi connectivity index (χ3n) is 5.30. The SMILES string of the molecule is C=CC(=O)N1CCC(n2nc(C(=O)Nc3nc4cc(Cl)ccc4o3)c3c(N)ncnc32)C1. The molecule has 3 aromatic heterocycles. The van der Waals surface area contributed by atoms with Gasteiger partial charge in [0.15, 0.2) is 16.9 Å². The number of aromatic nitrogens is 5. The molecule has 0 aliphatic carbocycles. The number of nitrogen functional groups attached to an aromatic ring is 1. The summed E-state index contributed by atoms with van der Waals surface area (Å²) in [6.07, 6.45) is 3.23. The fourth-order valence-electron chi connectivity index (χ4n) is 3.79. The number of carbonyl (C=O) groups is 2. The molecule has 4 aromatic rings. The van der Waals surface area contributed by atoms with Crippen LogP contribution in [0.2, 0.25) is 5.02 Å². The predicted molar refractivity (Wildman–Crippen MR) is 117 cm³/mol. The number of hydrogen-bond acceptors (Lipinski definition) is 8. The molecule has 0 spiro atoms. The van der Waals surface area contributed by atoms with E-state index in [1.54, 1.807) is 27.8 Å². The van der Waals surface area contributed by atoms with Gasteiger partial charge < -0.3 is 15.1 Å². The number of hydrogen-bond donors (Lipinski definition) is 2. The van der Waals surface area contributed by atoms with Crippen molar-refractivity contribution < 1.29 is 14.0 Å². The van der Waals surface area contributed by atoms with Gasteiger partial charge in [0.2, 0.25) is 5.91 Å². The molecule has 0 saturated carbocycles. The normalized spacial score (nSPS) is 16.0. The molecule has 1 aliphatic rings. The van der Waals surface area contributed by atoms with Crippen LogP contribution < -0.4 is 11.1 Å². The van der Waals surface area contributed by atoms with Crippen molar-refractivity contribution in [2.45, 2.75) is 12.5 Å². The van der Waals surface area contributed by atoms with Crippen LogP contribution in [0.4, 0.5) is 11.8 Å². The predicted octanol–water partition coefficient (Wildman–Crippen LogP) is 2.41. The van der Waals surface area contributed by atoms with Crippen LogP contribution in [0.5, 0.6) is 0 Å². The number of nitrogens with one attached hydrogen (secondary N) is 1. The maximum absolute atomic E-state index is 13.1. The quantitative estimate of drug-likeness (QED) is 0.449. The second-order valence-electron chi connectivity index (χ2n) is 7.27. The zero-order valence-corrected chi connectivity index (χ0v) is 17.4. The van der Waals surface area contributed by atoms with Gasteiger partial charge in [-0.15, -0.1) is 0 Å². The molecule has 0 bridgehead atoms. The van der Waals surface area contributed by atoms with Crippen molar-refractivity contribution in [1.29, 1.82) is 0 Å². The molecule has 1 saturated heterocycles. The summed E-state index contributed by atoms with van der Waals surface area (Å²) in [5.74, 6) is -0.621. The van der Waals surface area contributed by atoms with Crippen LogP contribution >= 0.6 is 11.6 Å². The number of nitrogens with two attached hydrogens (primary N) is 1. The Labute approximate surface area is 185 Å². The molecule has 1 aromatic carbocycles. The van der Waals surface area contributed by atoms with Crippen LogP contribution in [-0.4, -0.2) is 54.5 Å². The largest absolute Gasteiger partial charge is 0.423 e. The van der Waals surface area contributed by atoms with Gasteiger partial charge in [0.1, 0.15) is 17.7 Å². The summed E-state index contributed by atoms with van der Waals surface area (Å²) >= 11 is 5.98. The monoisotopic (exact) mass is 452 g/mol. The molecule has 12 heteroatoms. The van der Waals surface area contributed by atoms with Crippen molar-refractivity contribution in [3.8, 4) is 0 Å². The van der Waals surface area contributed by atoms with Crippen molar-refractivity contribution in [3.05, 3.63) is 47.9 Å². The molecule has 3 N–H and O–H groups in total. The number of likely N-dealkylation sites (tertiary alicyclic amines) is 1. The molecule has 1 aliphatic heterocycles. The number of amides is 2. The Kier molecular flexibility index (Phi) is 4.74. The average molecular weight is 453 g/mol. The first-order valence-electron chi connectivity index (χ1n) is 9.72. The first kappa shape index (κ1) is 19.9. The number of oxazole rings is 1. The maximum atomic E-state index is 13.1. The lowest BCUT2D eigenvalue weighted by molar-refractivity contribution is -0.125. The lowest BCUT2D eigenvalue weighted by Gasteiger charge is -2.14. The summed E-state index contributed by atoms with van der Waals surface area (Å²) in [4.78, 5) is 39.2. The molecular formula is C20H17ClN8O3. The highest BCUT2D eigenvalue weighted by molar-refractivity contribution is 6.31. The summed E-state index contributed by atoms with van der Waals surface area (Å²) in [6.45, 7) is 4.49. The molecular weight excluding hydrogens is 436 g/mol. The van der Waals surface area contributed by atoms with Crippen LogP contribution in [0.1, 0.15) is 23.0 Å². The van der Waals surface area contributed by atoms with E-state index >= 15 is 0 Å². The molecule has 32 heavy (non-hydrogen) atoms. The van der Waals surface area contributed by atoms with Crippen molar-refractivity contribution in [1.82, 2.24) is 29.6 Å². The minimum absolute atomic E-state index is 0.00555. The van der Waals surface area contributed by atoms with Gasteiger partial charge in [-0.1, -0.05) is 18.2 Å². The second-order valence-corrected chi connectivity index (χ2v) is 7.70. The average Bonchev–Trinajstić information content (AvgIpc) is 3.49. The lowest BCUT2D eigenvalue weighted by Crippen LogP contribution is -2.27. The summed E-state index contributed by atoms with van der Waals surface area (Å²) in [6, 6.07) is 4.77. The molecule has 5 rings (SSSR count). The molecule has 11 nitrogen and oxygen atoms in total.